The SMILES string of the molecule is COc1ccccc1NC1(C(=O)O)CSCCC1(C)C. The van der Waals surface area contributed by atoms with Crippen LogP contribution in [0.4, 0.5) is 5.69 Å². The molecule has 0 amide bonds. The normalized spacial score (nSPS) is 24.9. The summed E-state index contributed by atoms with van der Waals surface area (Å²) in [7, 11) is 1.59. The van der Waals surface area contributed by atoms with Crippen molar-refractivity contribution >= 4 is 23.4 Å². The zero-order valence-corrected chi connectivity index (χ0v) is 12.9. The van der Waals surface area contributed by atoms with Crippen LogP contribution in [0.5, 0.6) is 5.75 Å². The van der Waals surface area contributed by atoms with Gasteiger partial charge in [-0.3, -0.25) is 0 Å². The van der Waals surface area contributed by atoms with Crippen molar-refractivity contribution in [2.24, 2.45) is 5.41 Å². The molecule has 0 aliphatic carbocycles. The van der Waals surface area contributed by atoms with E-state index in [9.17, 15) is 9.90 Å². The fourth-order valence-corrected chi connectivity index (χ4v) is 4.24. The molecular weight excluding hydrogens is 274 g/mol. The highest BCUT2D eigenvalue weighted by molar-refractivity contribution is 7.99. The summed E-state index contributed by atoms with van der Waals surface area (Å²) in [6, 6.07) is 7.45. The molecule has 20 heavy (non-hydrogen) atoms. The number of carboxylic acid groups (broad SMARTS) is 1. The van der Waals surface area contributed by atoms with Gasteiger partial charge in [0.1, 0.15) is 11.3 Å². The van der Waals surface area contributed by atoms with Gasteiger partial charge < -0.3 is 15.2 Å². The number of ether oxygens (including phenoxy) is 1. The molecule has 5 heteroatoms. The molecule has 1 heterocycles. The molecule has 0 spiro atoms. The Labute approximate surface area is 123 Å². The van der Waals surface area contributed by atoms with Crippen molar-refractivity contribution in [1.82, 2.24) is 0 Å². The number of para-hydroxylation sites is 2. The van der Waals surface area contributed by atoms with Crippen molar-refractivity contribution in [3.63, 3.8) is 0 Å². The molecule has 0 saturated carbocycles. The molecule has 1 fully saturated rings. The number of rotatable bonds is 4. The van der Waals surface area contributed by atoms with Gasteiger partial charge in [0.05, 0.1) is 12.8 Å². The third kappa shape index (κ3) is 2.46. The fraction of sp³-hybridized carbons (Fsp3) is 0.533. The first-order valence-electron chi connectivity index (χ1n) is 6.65. The molecular formula is C15H21NO3S. The van der Waals surface area contributed by atoms with Crippen LogP contribution in [0.1, 0.15) is 20.3 Å². The van der Waals surface area contributed by atoms with Crippen LogP contribution < -0.4 is 10.1 Å². The molecule has 0 radical (unpaired) electrons. The van der Waals surface area contributed by atoms with Crippen LogP contribution in [-0.2, 0) is 4.79 Å². The first-order chi connectivity index (χ1) is 9.43. The Kier molecular flexibility index (Phi) is 4.18. The summed E-state index contributed by atoms with van der Waals surface area (Å²) in [5.74, 6) is 1.41. The number of aliphatic carboxylic acids is 1. The van der Waals surface area contributed by atoms with E-state index >= 15 is 0 Å². The minimum atomic E-state index is -0.982. The largest absolute Gasteiger partial charge is 0.495 e. The molecule has 1 aliphatic heterocycles. The Morgan fingerprint density at radius 3 is 2.70 bits per heavy atom. The van der Waals surface area contributed by atoms with Crippen LogP contribution in [0.2, 0.25) is 0 Å². The Balaban J connectivity index is 2.41. The van der Waals surface area contributed by atoms with Crippen molar-refractivity contribution in [3.8, 4) is 5.75 Å². The average Bonchev–Trinajstić information content (AvgIpc) is 2.41. The molecule has 110 valence electrons. The number of carbonyl (C=O) groups is 1. The molecule has 4 nitrogen and oxygen atoms in total. The van der Waals surface area contributed by atoms with Gasteiger partial charge in [-0.15, -0.1) is 0 Å². The molecule has 0 aromatic heterocycles. The zero-order chi connectivity index (χ0) is 14.8. The number of nitrogens with one attached hydrogen (secondary N) is 1. The zero-order valence-electron chi connectivity index (χ0n) is 12.1. The predicted molar refractivity (Wildman–Crippen MR) is 82.7 cm³/mol. The van der Waals surface area contributed by atoms with E-state index in [1.165, 1.54) is 0 Å². The number of hydrogen-bond acceptors (Lipinski definition) is 4. The monoisotopic (exact) mass is 295 g/mol. The summed E-state index contributed by atoms with van der Waals surface area (Å²) in [5.41, 5.74) is -0.580. The second-order valence-electron chi connectivity index (χ2n) is 5.72. The van der Waals surface area contributed by atoms with Gasteiger partial charge in [0.2, 0.25) is 0 Å². The second kappa shape index (κ2) is 5.56. The molecule has 1 saturated heterocycles. The Morgan fingerprint density at radius 1 is 1.40 bits per heavy atom. The van der Waals surface area contributed by atoms with E-state index in [0.29, 0.717) is 11.5 Å². The minimum Gasteiger partial charge on any atom is -0.495 e. The lowest BCUT2D eigenvalue weighted by molar-refractivity contribution is -0.145. The van der Waals surface area contributed by atoms with Crippen LogP contribution in [0.3, 0.4) is 0 Å². The van der Waals surface area contributed by atoms with E-state index in [4.69, 9.17) is 4.74 Å². The van der Waals surface area contributed by atoms with Crippen molar-refractivity contribution in [2.45, 2.75) is 25.8 Å². The maximum atomic E-state index is 12.0. The minimum absolute atomic E-state index is 0.328. The smallest absolute Gasteiger partial charge is 0.330 e. The fourth-order valence-electron chi connectivity index (χ4n) is 2.55. The summed E-state index contributed by atoms with van der Waals surface area (Å²) >= 11 is 1.68. The molecule has 1 aromatic rings. The molecule has 0 bridgehead atoms. The van der Waals surface area contributed by atoms with Gasteiger partial charge in [-0.05, 0) is 24.3 Å². The van der Waals surface area contributed by atoms with E-state index in [-0.39, 0.29) is 5.41 Å². The van der Waals surface area contributed by atoms with Crippen molar-refractivity contribution in [2.75, 3.05) is 23.9 Å². The number of anilines is 1. The van der Waals surface area contributed by atoms with Gasteiger partial charge >= 0.3 is 5.97 Å². The quantitative estimate of drug-likeness (QED) is 0.894. The van der Waals surface area contributed by atoms with Gasteiger partial charge in [0, 0.05) is 11.2 Å². The number of hydrogen-bond donors (Lipinski definition) is 2. The molecule has 1 unspecified atom stereocenters. The topological polar surface area (TPSA) is 58.6 Å². The summed E-state index contributed by atoms with van der Waals surface area (Å²) in [4.78, 5) is 12.0. The lowest BCUT2D eigenvalue weighted by Gasteiger charge is -2.47. The van der Waals surface area contributed by atoms with Gasteiger partial charge in [-0.25, -0.2) is 4.79 Å². The number of methoxy groups -OCH3 is 1. The maximum Gasteiger partial charge on any atom is 0.330 e. The molecule has 1 atom stereocenters. The summed E-state index contributed by atoms with van der Waals surface area (Å²) in [5, 5.41) is 13.1. The van der Waals surface area contributed by atoms with E-state index in [1.54, 1.807) is 18.9 Å². The van der Waals surface area contributed by atoms with Gasteiger partial charge in [-0.2, -0.15) is 11.8 Å². The number of benzene rings is 1. The van der Waals surface area contributed by atoms with Crippen LogP contribution in [0.15, 0.2) is 24.3 Å². The van der Waals surface area contributed by atoms with Crippen LogP contribution in [-0.4, -0.2) is 35.2 Å². The van der Waals surface area contributed by atoms with Gasteiger partial charge in [-0.1, -0.05) is 26.0 Å². The van der Waals surface area contributed by atoms with E-state index in [0.717, 1.165) is 17.9 Å². The molecule has 2 N–H and O–H groups in total. The summed E-state index contributed by atoms with van der Waals surface area (Å²) in [6.07, 6.45) is 0.867. The number of thioether (sulfide) groups is 1. The van der Waals surface area contributed by atoms with Crippen LogP contribution in [0, 0.1) is 5.41 Å². The number of carboxylic acids is 1. The Morgan fingerprint density at radius 2 is 2.10 bits per heavy atom. The van der Waals surface area contributed by atoms with Crippen molar-refractivity contribution in [1.29, 1.82) is 0 Å². The average molecular weight is 295 g/mol. The van der Waals surface area contributed by atoms with Crippen molar-refractivity contribution < 1.29 is 14.6 Å². The highest BCUT2D eigenvalue weighted by atomic mass is 32.2. The lowest BCUT2D eigenvalue weighted by Crippen LogP contribution is -2.61. The first kappa shape index (κ1) is 15.0. The third-order valence-electron chi connectivity index (χ3n) is 4.17. The maximum absolute atomic E-state index is 12.0. The summed E-state index contributed by atoms with van der Waals surface area (Å²) < 4.78 is 5.32. The van der Waals surface area contributed by atoms with Crippen LogP contribution >= 0.6 is 11.8 Å². The van der Waals surface area contributed by atoms with Crippen molar-refractivity contribution in [3.05, 3.63) is 24.3 Å². The lowest BCUT2D eigenvalue weighted by atomic mass is 9.70. The van der Waals surface area contributed by atoms with Gasteiger partial charge in [0.25, 0.3) is 0 Å². The second-order valence-corrected chi connectivity index (χ2v) is 6.83. The Bertz CT molecular complexity index is 504. The highest BCUT2D eigenvalue weighted by Crippen LogP contribution is 2.45. The third-order valence-corrected chi connectivity index (χ3v) is 5.30. The van der Waals surface area contributed by atoms with Crippen LogP contribution in [0.25, 0.3) is 0 Å². The van der Waals surface area contributed by atoms with Gasteiger partial charge in [0.15, 0.2) is 0 Å². The summed E-state index contributed by atoms with van der Waals surface area (Å²) in [6.45, 7) is 4.03. The first-order valence-corrected chi connectivity index (χ1v) is 7.81. The van der Waals surface area contributed by atoms with E-state index < -0.39 is 11.5 Å². The molecule has 1 aromatic carbocycles. The Hall–Kier alpha value is -1.36. The van der Waals surface area contributed by atoms with E-state index in [2.05, 4.69) is 5.32 Å². The molecule has 1 aliphatic rings. The van der Waals surface area contributed by atoms with E-state index in [1.807, 2.05) is 38.1 Å². The standard InChI is InChI=1S/C15H21NO3S/c1-14(2)8-9-20-10-15(14,13(17)18)16-11-6-4-5-7-12(11)19-3/h4-7,16H,8-10H2,1-3H3,(H,17,18). The predicted octanol–water partition coefficient (Wildman–Crippen LogP) is 3.09. The highest BCUT2D eigenvalue weighted by Gasteiger charge is 2.53. The molecule has 2 rings (SSSR count).